The lowest BCUT2D eigenvalue weighted by Gasteiger charge is -2.15. The first-order chi connectivity index (χ1) is 10.1. The average molecular weight is 292 g/mol. The van der Waals surface area contributed by atoms with Crippen molar-refractivity contribution in [1.29, 1.82) is 0 Å². The molecule has 0 bridgehead atoms. The monoisotopic (exact) mass is 292 g/mol. The molecule has 0 aliphatic carbocycles. The molecule has 1 amide bonds. The Balaban J connectivity index is 1.86. The molecule has 0 saturated carbocycles. The van der Waals surface area contributed by atoms with Gasteiger partial charge in [0.2, 0.25) is 5.91 Å². The molecule has 2 aromatic heterocycles. The maximum Gasteiger partial charge on any atom is 0.244 e. The Hall–Kier alpha value is -2.15. The molecular weight excluding hydrogens is 272 g/mol. The second-order valence-corrected chi connectivity index (χ2v) is 5.00. The molecule has 0 saturated heterocycles. The maximum absolute atomic E-state index is 12.1. The van der Waals surface area contributed by atoms with Gasteiger partial charge in [-0.1, -0.05) is 5.21 Å². The lowest BCUT2D eigenvalue weighted by atomic mass is 10.3. The number of amides is 1. The summed E-state index contributed by atoms with van der Waals surface area (Å²) in [4.78, 5) is 13.7. The minimum atomic E-state index is -0.0670. The van der Waals surface area contributed by atoms with Crippen molar-refractivity contribution in [2.45, 2.75) is 32.9 Å². The summed E-state index contributed by atoms with van der Waals surface area (Å²) in [5.41, 5.74) is 0.779. The third kappa shape index (κ3) is 4.42. The van der Waals surface area contributed by atoms with Crippen molar-refractivity contribution in [2.24, 2.45) is 0 Å². The van der Waals surface area contributed by atoms with Gasteiger partial charge in [0.25, 0.3) is 0 Å². The zero-order valence-electron chi connectivity index (χ0n) is 12.3. The van der Waals surface area contributed by atoms with Crippen LogP contribution in [0.4, 0.5) is 0 Å². The van der Waals surface area contributed by atoms with Gasteiger partial charge in [0, 0.05) is 19.9 Å². The number of hydrogen-bond donors (Lipinski definition) is 1. The normalized spacial score (nSPS) is 10.8. The summed E-state index contributed by atoms with van der Waals surface area (Å²) in [6, 6.07) is 3.74. The summed E-state index contributed by atoms with van der Waals surface area (Å²) in [5, 5.41) is 16.7. The van der Waals surface area contributed by atoms with Crippen molar-refractivity contribution in [3.05, 3.63) is 35.5 Å². The summed E-state index contributed by atoms with van der Waals surface area (Å²) >= 11 is 0. The van der Waals surface area contributed by atoms with E-state index in [4.69, 9.17) is 9.52 Å². The zero-order valence-corrected chi connectivity index (χ0v) is 12.3. The molecule has 2 aromatic rings. The largest absolute Gasteiger partial charge is 0.464 e. The molecule has 2 heterocycles. The van der Waals surface area contributed by atoms with Crippen molar-refractivity contribution in [3.8, 4) is 0 Å². The minimum absolute atomic E-state index is 0.0670. The molecule has 0 fully saturated rings. The topological polar surface area (TPSA) is 84.4 Å². The summed E-state index contributed by atoms with van der Waals surface area (Å²) in [7, 11) is 1.73. The predicted molar refractivity (Wildman–Crippen MR) is 75.3 cm³/mol. The SMILES string of the molecule is Cc1ccc(CN(C)C(=O)Cn2cc(CCCO)nn2)o1. The molecule has 7 heteroatoms. The molecule has 0 aliphatic rings. The zero-order chi connectivity index (χ0) is 15.2. The van der Waals surface area contributed by atoms with Gasteiger partial charge in [-0.15, -0.1) is 5.10 Å². The Kier molecular flexibility index (Phi) is 5.10. The van der Waals surface area contributed by atoms with Crippen LogP contribution in [0, 0.1) is 6.92 Å². The van der Waals surface area contributed by atoms with Crippen molar-refractivity contribution in [3.63, 3.8) is 0 Å². The van der Waals surface area contributed by atoms with Gasteiger partial charge in [0.05, 0.1) is 12.2 Å². The Bertz CT molecular complexity index is 591. The van der Waals surface area contributed by atoms with Gasteiger partial charge in [-0.2, -0.15) is 0 Å². The number of hydrogen-bond acceptors (Lipinski definition) is 5. The molecule has 0 spiro atoms. The lowest BCUT2D eigenvalue weighted by Crippen LogP contribution is -2.29. The first-order valence-corrected chi connectivity index (χ1v) is 6.87. The van der Waals surface area contributed by atoms with Gasteiger partial charge in [-0.05, 0) is 31.9 Å². The van der Waals surface area contributed by atoms with Crippen LogP contribution in [0.25, 0.3) is 0 Å². The van der Waals surface area contributed by atoms with Crippen molar-refractivity contribution in [1.82, 2.24) is 19.9 Å². The molecular formula is C14H20N4O3. The molecule has 7 nitrogen and oxygen atoms in total. The molecule has 114 valence electrons. The number of likely N-dealkylation sites (N-methyl/N-ethyl adjacent to an activating group) is 1. The highest BCUT2D eigenvalue weighted by molar-refractivity contribution is 5.75. The van der Waals surface area contributed by atoms with Crippen LogP contribution in [0.5, 0.6) is 0 Å². The standard InChI is InChI=1S/C14H20N4O3/c1-11-5-6-13(21-11)9-17(2)14(20)10-18-8-12(15-16-18)4-3-7-19/h5-6,8,19H,3-4,7,9-10H2,1-2H3. The Morgan fingerprint density at radius 1 is 1.48 bits per heavy atom. The molecule has 0 aliphatic heterocycles. The second kappa shape index (κ2) is 7.03. The molecule has 0 atom stereocenters. The van der Waals surface area contributed by atoms with E-state index in [9.17, 15) is 4.79 Å². The van der Waals surface area contributed by atoms with Crippen molar-refractivity contribution < 1.29 is 14.3 Å². The molecule has 1 N–H and O–H groups in total. The van der Waals surface area contributed by atoms with E-state index in [0.29, 0.717) is 19.4 Å². The number of rotatable bonds is 7. The highest BCUT2D eigenvalue weighted by Gasteiger charge is 2.13. The average Bonchev–Trinajstić information content (AvgIpc) is 3.05. The van der Waals surface area contributed by atoms with Crippen molar-refractivity contribution in [2.75, 3.05) is 13.7 Å². The molecule has 0 radical (unpaired) electrons. The summed E-state index contributed by atoms with van der Waals surface area (Å²) < 4.78 is 6.96. The predicted octanol–water partition coefficient (Wildman–Crippen LogP) is 0.763. The number of furan rings is 1. The van der Waals surface area contributed by atoms with Crippen LogP contribution in [0.3, 0.4) is 0 Å². The second-order valence-electron chi connectivity index (χ2n) is 5.00. The number of carbonyl (C=O) groups excluding carboxylic acids is 1. The van der Waals surface area contributed by atoms with Crippen molar-refractivity contribution >= 4 is 5.91 Å². The highest BCUT2D eigenvalue weighted by Crippen LogP contribution is 2.09. The molecule has 0 unspecified atom stereocenters. The summed E-state index contributed by atoms with van der Waals surface area (Å²) in [5.74, 6) is 1.52. The maximum atomic E-state index is 12.1. The van der Waals surface area contributed by atoms with Crippen LogP contribution in [0.15, 0.2) is 22.7 Å². The van der Waals surface area contributed by atoms with Gasteiger partial charge in [0.1, 0.15) is 18.1 Å². The van der Waals surface area contributed by atoms with Crippen LogP contribution in [-0.4, -0.2) is 44.6 Å². The van der Waals surface area contributed by atoms with E-state index >= 15 is 0 Å². The summed E-state index contributed by atoms with van der Waals surface area (Å²) in [6.45, 7) is 2.56. The van der Waals surface area contributed by atoms with Crippen LogP contribution in [-0.2, 0) is 24.3 Å². The van der Waals surface area contributed by atoms with Crippen LogP contribution < -0.4 is 0 Å². The Morgan fingerprint density at radius 2 is 2.29 bits per heavy atom. The van der Waals surface area contributed by atoms with E-state index in [1.807, 2.05) is 19.1 Å². The van der Waals surface area contributed by atoms with E-state index in [1.54, 1.807) is 18.1 Å². The number of aromatic nitrogens is 3. The fourth-order valence-electron chi connectivity index (χ4n) is 1.94. The van der Waals surface area contributed by atoms with Gasteiger partial charge < -0.3 is 14.4 Å². The first kappa shape index (κ1) is 15.2. The Labute approximate surface area is 123 Å². The smallest absolute Gasteiger partial charge is 0.244 e. The fraction of sp³-hybridized carbons (Fsp3) is 0.500. The van der Waals surface area contributed by atoms with Gasteiger partial charge >= 0.3 is 0 Å². The number of aliphatic hydroxyl groups excluding tert-OH is 1. The van der Waals surface area contributed by atoms with E-state index in [1.165, 1.54) is 4.68 Å². The van der Waals surface area contributed by atoms with E-state index in [0.717, 1.165) is 17.2 Å². The lowest BCUT2D eigenvalue weighted by molar-refractivity contribution is -0.131. The number of aryl methyl sites for hydroxylation is 2. The number of aliphatic hydroxyl groups is 1. The van der Waals surface area contributed by atoms with Crippen LogP contribution in [0.2, 0.25) is 0 Å². The minimum Gasteiger partial charge on any atom is -0.464 e. The third-order valence-corrected chi connectivity index (χ3v) is 3.09. The van der Waals surface area contributed by atoms with E-state index < -0.39 is 0 Å². The van der Waals surface area contributed by atoms with E-state index in [-0.39, 0.29) is 19.1 Å². The van der Waals surface area contributed by atoms with Crippen LogP contribution in [0.1, 0.15) is 23.6 Å². The summed E-state index contributed by atoms with van der Waals surface area (Å²) in [6.07, 6.45) is 3.04. The molecule has 21 heavy (non-hydrogen) atoms. The molecule has 2 rings (SSSR count). The fourth-order valence-corrected chi connectivity index (χ4v) is 1.94. The number of nitrogens with zero attached hydrogens (tertiary/aromatic N) is 4. The quantitative estimate of drug-likeness (QED) is 0.814. The van der Waals surface area contributed by atoms with Gasteiger partial charge in [-0.3, -0.25) is 4.79 Å². The highest BCUT2D eigenvalue weighted by atomic mass is 16.3. The van der Waals surface area contributed by atoms with Crippen LogP contribution >= 0.6 is 0 Å². The molecule has 0 aromatic carbocycles. The number of carbonyl (C=O) groups is 1. The third-order valence-electron chi connectivity index (χ3n) is 3.09. The van der Waals surface area contributed by atoms with E-state index in [2.05, 4.69) is 10.3 Å². The first-order valence-electron chi connectivity index (χ1n) is 6.87. The van der Waals surface area contributed by atoms with Gasteiger partial charge in [-0.25, -0.2) is 4.68 Å². The Morgan fingerprint density at radius 3 is 2.95 bits per heavy atom. The van der Waals surface area contributed by atoms with Gasteiger partial charge in [0.15, 0.2) is 0 Å².